The van der Waals surface area contributed by atoms with Crippen LogP contribution in [0.4, 0.5) is 11.5 Å². The molecule has 0 aliphatic carbocycles. The van der Waals surface area contributed by atoms with Gasteiger partial charge in [-0.1, -0.05) is 11.6 Å². The third kappa shape index (κ3) is 4.32. The Hall–Kier alpha value is -3.13. The molecule has 2 aromatic heterocycles. The first-order valence-electron chi connectivity index (χ1n) is 9.37. The predicted octanol–water partition coefficient (Wildman–Crippen LogP) is 3.18. The second-order valence-corrected chi connectivity index (χ2v) is 7.26. The number of methoxy groups -OCH3 is 1. The first kappa shape index (κ1) is 19.2. The van der Waals surface area contributed by atoms with Gasteiger partial charge in [0.1, 0.15) is 5.75 Å². The number of benzene rings is 1. The summed E-state index contributed by atoms with van der Waals surface area (Å²) in [6.07, 6.45) is 5.21. The van der Waals surface area contributed by atoms with Crippen LogP contribution in [0, 0.1) is 5.92 Å². The highest BCUT2D eigenvalue weighted by Crippen LogP contribution is 2.29. The Balaban J connectivity index is 1.44. The fraction of sp³-hybridized carbons (Fsp3) is 0.300. The van der Waals surface area contributed by atoms with E-state index in [0.717, 1.165) is 25.2 Å². The van der Waals surface area contributed by atoms with E-state index in [9.17, 15) is 4.79 Å². The summed E-state index contributed by atoms with van der Waals surface area (Å²) < 4.78 is 6.97. The van der Waals surface area contributed by atoms with Gasteiger partial charge in [-0.25, -0.2) is 4.68 Å². The Morgan fingerprint density at radius 1 is 1.24 bits per heavy atom. The number of aromatic nitrogens is 4. The highest BCUT2D eigenvalue weighted by Gasteiger charge is 2.27. The molecule has 1 N–H and O–H groups in total. The van der Waals surface area contributed by atoms with E-state index in [2.05, 4.69) is 25.5 Å². The summed E-state index contributed by atoms with van der Waals surface area (Å²) in [5.74, 6) is 1.75. The fourth-order valence-electron chi connectivity index (χ4n) is 3.43. The van der Waals surface area contributed by atoms with E-state index in [0.29, 0.717) is 28.8 Å². The Kier molecular flexibility index (Phi) is 5.62. The molecule has 1 atom stereocenters. The summed E-state index contributed by atoms with van der Waals surface area (Å²) in [5.41, 5.74) is 0.575. The lowest BCUT2D eigenvalue weighted by Crippen LogP contribution is -2.41. The molecule has 3 heterocycles. The van der Waals surface area contributed by atoms with Gasteiger partial charge in [0.05, 0.1) is 18.7 Å². The molecule has 1 aromatic carbocycles. The Morgan fingerprint density at radius 2 is 2.07 bits per heavy atom. The maximum absolute atomic E-state index is 12.8. The second kappa shape index (κ2) is 8.48. The van der Waals surface area contributed by atoms with Crippen LogP contribution < -0.4 is 15.0 Å². The van der Waals surface area contributed by atoms with Gasteiger partial charge in [-0.05, 0) is 49.2 Å². The number of rotatable bonds is 5. The highest BCUT2D eigenvalue weighted by atomic mass is 35.5. The summed E-state index contributed by atoms with van der Waals surface area (Å²) in [7, 11) is 1.56. The van der Waals surface area contributed by atoms with Gasteiger partial charge in [0, 0.05) is 30.5 Å². The highest BCUT2D eigenvalue weighted by molar-refractivity contribution is 6.31. The van der Waals surface area contributed by atoms with Crippen molar-refractivity contribution in [3.8, 4) is 11.6 Å². The number of hydrogen-bond donors (Lipinski definition) is 1. The van der Waals surface area contributed by atoms with Crippen molar-refractivity contribution in [1.82, 2.24) is 20.0 Å². The predicted molar refractivity (Wildman–Crippen MR) is 111 cm³/mol. The minimum absolute atomic E-state index is 0.0589. The van der Waals surface area contributed by atoms with Crippen molar-refractivity contribution in [3.63, 3.8) is 0 Å². The number of amides is 1. The molecule has 0 bridgehead atoms. The quantitative estimate of drug-likeness (QED) is 0.692. The summed E-state index contributed by atoms with van der Waals surface area (Å²) >= 11 is 6.06. The van der Waals surface area contributed by atoms with E-state index in [1.54, 1.807) is 36.2 Å². The van der Waals surface area contributed by atoms with E-state index >= 15 is 0 Å². The average molecular weight is 413 g/mol. The van der Waals surface area contributed by atoms with Gasteiger partial charge in [0.15, 0.2) is 11.6 Å². The van der Waals surface area contributed by atoms with Crippen LogP contribution in [0.25, 0.3) is 5.82 Å². The molecule has 1 unspecified atom stereocenters. The van der Waals surface area contributed by atoms with Crippen LogP contribution in [0.1, 0.15) is 12.8 Å². The summed E-state index contributed by atoms with van der Waals surface area (Å²) in [4.78, 5) is 14.9. The van der Waals surface area contributed by atoms with Crippen LogP contribution in [-0.2, 0) is 4.79 Å². The van der Waals surface area contributed by atoms with Crippen LogP contribution >= 0.6 is 11.6 Å². The summed E-state index contributed by atoms with van der Waals surface area (Å²) in [6.45, 7) is 1.41. The number of anilines is 2. The van der Waals surface area contributed by atoms with Crippen LogP contribution in [-0.4, -0.2) is 46.1 Å². The van der Waals surface area contributed by atoms with Crippen molar-refractivity contribution < 1.29 is 9.53 Å². The van der Waals surface area contributed by atoms with E-state index in [1.807, 2.05) is 24.4 Å². The van der Waals surface area contributed by atoms with Crippen LogP contribution in [0.5, 0.6) is 5.75 Å². The topological polar surface area (TPSA) is 85.2 Å². The van der Waals surface area contributed by atoms with Crippen molar-refractivity contribution in [3.05, 3.63) is 53.8 Å². The molecule has 1 amide bonds. The lowest BCUT2D eigenvalue weighted by atomic mass is 9.97. The Bertz CT molecular complexity index is 977. The molecule has 1 fully saturated rings. The number of nitrogens with one attached hydrogen (secondary N) is 1. The van der Waals surface area contributed by atoms with Crippen LogP contribution in [0.15, 0.2) is 48.8 Å². The number of hydrogen-bond acceptors (Lipinski definition) is 6. The van der Waals surface area contributed by atoms with Gasteiger partial charge in [0.25, 0.3) is 0 Å². The minimum atomic E-state index is -0.167. The number of carbonyl (C=O) groups is 1. The maximum Gasteiger partial charge on any atom is 0.229 e. The molecular weight excluding hydrogens is 392 g/mol. The largest absolute Gasteiger partial charge is 0.495 e. The zero-order valence-electron chi connectivity index (χ0n) is 16.0. The number of carbonyl (C=O) groups excluding carboxylic acids is 1. The van der Waals surface area contributed by atoms with Gasteiger partial charge < -0.3 is 15.0 Å². The number of halogens is 1. The zero-order valence-corrected chi connectivity index (χ0v) is 16.7. The Morgan fingerprint density at radius 3 is 2.79 bits per heavy atom. The molecule has 150 valence electrons. The van der Waals surface area contributed by atoms with E-state index in [1.165, 1.54) is 0 Å². The number of piperidine rings is 1. The van der Waals surface area contributed by atoms with Crippen molar-refractivity contribution in [1.29, 1.82) is 0 Å². The molecule has 1 saturated heterocycles. The summed E-state index contributed by atoms with van der Waals surface area (Å²) in [6, 6.07) is 10.8. The first-order valence-corrected chi connectivity index (χ1v) is 9.75. The molecule has 29 heavy (non-hydrogen) atoms. The van der Waals surface area contributed by atoms with E-state index < -0.39 is 0 Å². The molecular formula is C20H21ClN6O2. The summed E-state index contributed by atoms with van der Waals surface area (Å²) in [5, 5.41) is 16.2. The third-order valence-electron chi connectivity index (χ3n) is 4.91. The molecule has 9 heteroatoms. The van der Waals surface area contributed by atoms with Gasteiger partial charge in [0.2, 0.25) is 5.91 Å². The van der Waals surface area contributed by atoms with Crippen molar-refractivity contribution in [2.45, 2.75) is 12.8 Å². The van der Waals surface area contributed by atoms with Crippen molar-refractivity contribution in [2.75, 3.05) is 30.4 Å². The lowest BCUT2D eigenvalue weighted by molar-refractivity contribution is -0.120. The molecule has 0 spiro atoms. The molecule has 0 saturated carbocycles. The smallest absolute Gasteiger partial charge is 0.229 e. The minimum Gasteiger partial charge on any atom is -0.495 e. The van der Waals surface area contributed by atoms with Gasteiger partial charge >= 0.3 is 0 Å². The van der Waals surface area contributed by atoms with Crippen LogP contribution in [0.3, 0.4) is 0 Å². The normalized spacial score (nSPS) is 16.5. The first-order chi connectivity index (χ1) is 14.1. The SMILES string of the molecule is COc1ccc(Cl)cc1NC(=O)C1CCCN(c2ccc(-n3cccn3)nn2)C1. The lowest BCUT2D eigenvalue weighted by Gasteiger charge is -2.32. The molecule has 4 rings (SSSR count). The maximum atomic E-state index is 12.8. The molecule has 0 radical (unpaired) electrons. The number of ether oxygens (including phenoxy) is 1. The van der Waals surface area contributed by atoms with E-state index in [4.69, 9.17) is 16.3 Å². The second-order valence-electron chi connectivity index (χ2n) is 6.82. The third-order valence-corrected chi connectivity index (χ3v) is 5.15. The van der Waals surface area contributed by atoms with Crippen LogP contribution in [0.2, 0.25) is 5.02 Å². The molecule has 1 aliphatic heterocycles. The average Bonchev–Trinajstić information content (AvgIpc) is 3.29. The van der Waals surface area contributed by atoms with Gasteiger partial charge in [-0.2, -0.15) is 5.10 Å². The molecule has 8 nitrogen and oxygen atoms in total. The van der Waals surface area contributed by atoms with Crippen molar-refractivity contribution in [2.24, 2.45) is 5.92 Å². The fourth-order valence-corrected chi connectivity index (χ4v) is 3.60. The number of nitrogens with zero attached hydrogens (tertiary/aromatic N) is 5. The Labute approximate surface area is 173 Å². The van der Waals surface area contributed by atoms with E-state index in [-0.39, 0.29) is 11.8 Å². The molecule has 1 aliphatic rings. The van der Waals surface area contributed by atoms with Gasteiger partial charge in [-0.3, -0.25) is 4.79 Å². The monoisotopic (exact) mass is 412 g/mol. The van der Waals surface area contributed by atoms with Gasteiger partial charge in [-0.15, -0.1) is 10.2 Å². The van der Waals surface area contributed by atoms with Crippen molar-refractivity contribution >= 4 is 29.0 Å². The molecule has 3 aromatic rings. The standard InChI is InChI=1S/C20H21ClN6O2/c1-29-17-6-5-15(21)12-16(17)23-20(28)14-4-2-10-26(13-14)18-7-8-19(25-24-18)27-11-3-9-22-27/h3,5-9,11-12,14H,2,4,10,13H2,1H3,(H,23,28). The zero-order chi connectivity index (χ0) is 20.2.